The second-order valence-corrected chi connectivity index (χ2v) is 7.16. The third-order valence-electron chi connectivity index (χ3n) is 5.32. The first-order chi connectivity index (χ1) is 11.0. The summed E-state index contributed by atoms with van der Waals surface area (Å²) >= 11 is 6.15. The van der Waals surface area contributed by atoms with Crippen LogP contribution in [0.25, 0.3) is 0 Å². The van der Waals surface area contributed by atoms with Gasteiger partial charge in [0.25, 0.3) is 0 Å². The van der Waals surface area contributed by atoms with Crippen molar-refractivity contribution in [1.29, 1.82) is 0 Å². The van der Waals surface area contributed by atoms with Gasteiger partial charge in [-0.15, -0.1) is 0 Å². The topological polar surface area (TPSA) is 57.6 Å². The van der Waals surface area contributed by atoms with Crippen LogP contribution < -0.4 is 0 Å². The summed E-state index contributed by atoms with van der Waals surface area (Å²) in [4.78, 5) is 26.2. The maximum absolute atomic E-state index is 13.3. The first kappa shape index (κ1) is 16.3. The molecule has 2 aliphatic rings. The molecule has 0 aromatic heterocycles. The zero-order valence-electron chi connectivity index (χ0n) is 13.1. The van der Waals surface area contributed by atoms with Crippen LogP contribution in [0.2, 0.25) is 5.02 Å². The van der Waals surface area contributed by atoms with E-state index in [1.54, 1.807) is 4.90 Å². The molecule has 0 radical (unpaired) electrons. The number of benzene rings is 1. The summed E-state index contributed by atoms with van der Waals surface area (Å²) in [5, 5.41) is 9.83. The zero-order chi connectivity index (χ0) is 16.4. The van der Waals surface area contributed by atoms with Crippen LogP contribution in [0, 0.1) is 5.92 Å². The molecule has 1 saturated carbocycles. The molecule has 1 aromatic rings. The fraction of sp³-hybridized carbons (Fsp3) is 0.556. The Balaban J connectivity index is 1.90. The SMILES string of the molecule is O=C(O)C1CCN(C(=O)C2(c3cccc(Cl)c3)CCCCC2)C1. The van der Waals surface area contributed by atoms with Crippen molar-refractivity contribution >= 4 is 23.5 Å². The minimum Gasteiger partial charge on any atom is -0.481 e. The Bertz CT molecular complexity index is 610. The second kappa shape index (κ2) is 6.52. The number of hydrogen-bond donors (Lipinski definition) is 1. The second-order valence-electron chi connectivity index (χ2n) is 6.73. The lowest BCUT2D eigenvalue weighted by Gasteiger charge is -2.39. The van der Waals surface area contributed by atoms with Crippen LogP contribution >= 0.6 is 11.6 Å². The highest BCUT2D eigenvalue weighted by Gasteiger charge is 2.45. The van der Waals surface area contributed by atoms with Crippen molar-refractivity contribution in [3.63, 3.8) is 0 Å². The summed E-state index contributed by atoms with van der Waals surface area (Å²) in [5.74, 6) is -1.15. The Kier molecular flexibility index (Phi) is 4.62. The van der Waals surface area contributed by atoms with E-state index in [4.69, 9.17) is 11.6 Å². The maximum Gasteiger partial charge on any atom is 0.308 e. The van der Waals surface area contributed by atoms with E-state index in [9.17, 15) is 14.7 Å². The van der Waals surface area contributed by atoms with Crippen LogP contribution in [0.4, 0.5) is 0 Å². The van der Waals surface area contributed by atoms with Gasteiger partial charge in [-0.3, -0.25) is 9.59 Å². The van der Waals surface area contributed by atoms with Gasteiger partial charge in [0.1, 0.15) is 0 Å². The van der Waals surface area contributed by atoms with E-state index in [2.05, 4.69) is 0 Å². The number of carboxylic acid groups (broad SMARTS) is 1. The van der Waals surface area contributed by atoms with E-state index >= 15 is 0 Å². The van der Waals surface area contributed by atoms with Gasteiger partial charge < -0.3 is 10.0 Å². The van der Waals surface area contributed by atoms with E-state index in [-0.39, 0.29) is 5.91 Å². The first-order valence-electron chi connectivity index (χ1n) is 8.31. The van der Waals surface area contributed by atoms with Crippen molar-refractivity contribution in [1.82, 2.24) is 4.90 Å². The molecule has 2 fully saturated rings. The third-order valence-corrected chi connectivity index (χ3v) is 5.55. The largest absolute Gasteiger partial charge is 0.481 e. The lowest BCUT2D eigenvalue weighted by molar-refractivity contribution is -0.142. The molecule has 5 heteroatoms. The molecule has 1 heterocycles. The van der Waals surface area contributed by atoms with Gasteiger partial charge in [-0.25, -0.2) is 0 Å². The van der Waals surface area contributed by atoms with Crippen LogP contribution in [-0.4, -0.2) is 35.0 Å². The number of halogens is 1. The molecule has 124 valence electrons. The normalized spacial score (nSPS) is 23.7. The van der Waals surface area contributed by atoms with Crippen LogP contribution in [0.15, 0.2) is 24.3 Å². The fourth-order valence-electron chi connectivity index (χ4n) is 4.02. The molecule has 1 amide bonds. The van der Waals surface area contributed by atoms with Gasteiger partial charge in [-0.2, -0.15) is 0 Å². The van der Waals surface area contributed by atoms with Crippen molar-refractivity contribution in [2.75, 3.05) is 13.1 Å². The number of nitrogens with zero attached hydrogens (tertiary/aromatic N) is 1. The Morgan fingerprint density at radius 3 is 2.57 bits per heavy atom. The lowest BCUT2D eigenvalue weighted by Crippen LogP contribution is -2.47. The van der Waals surface area contributed by atoms with Gasteiger partial charge in [0.15, 0.2) is 0 Å². The summed E-state index contributed by atoms with van der Waals surface area (Å²) in [7, 11) is 0. The van der Waals surface area contributed by atoms with Crippen LogP contribution in [0.1, 0.15) is 44.1 Å². The molecule has 1 N–H and O–H groups in total. The molecule has 23 heavy (non-hydrogen) atoms. The summed E-state index contributed by atoms with van der Waals surface area (Å²) < 4.78 is 0. The summed E-state index contributed by atoms with van der Waals surface area (Å²) in [6, 6.07) is 7.60. The van der Waals surface area contributed by atoms with E-state index in [1.165, 1.54) is 0 Å². The standard InChI is InChI=1S/C18H22ClNO3/c19-15-6-4-5-14(11-15)18(8-2-1-3-9-18)17(23)20-10-7-13(12-20)16(21)22/h4-6,11,13H,1-3,7-10,12H2,(H,21,22). The molecule has 0 bridgehead atoms. The number of aliphatic carboxylic acids is 1. The van der Waals surface area contributed by atoms with Gasteiger partial charge in [0.05, 0.1) is 11.3 Å². The highest BCUT2D eigenvalue weighted by Crippen LogP contribution is 2.42. The highest BCUT2D eigenvalue weighted by atomic mass is 35.5. The average molecular weight is 336 g/mol. The quantitative estimate of drug-likeness (QED) is 0.920. The van der Waals surface area contributed by atoms with Gasteiger partial charge in [-0.1, -0.05) is 43.0 Å². The number of rotatable bonds is 3. The molecular formula is C18H22ClNO3. The maximum atomic E-state index is 13.3. The van der Waals surface area contributed by atoms with Crippen molar-refractivity contribution in [2.45, 2.75) is 43.9 Å². The monoisotopic (exact) mass is 335 g/mol. The zero-order valence-corrected chi connectivity index (χ0v) is 13.9. The third kappa shape index (κ3) is 3.09. The van der Waals surface area contributed by atoms with Crippen molar-refractivity contribution in [2.24, 2.45) is 5.92 Å². The van der Waals surface area contributed by atoms with E-state index in [0.29, 0.717) is 24.5 Å². The summed E-state index contributed by atoms with van der Waals surface area (Å²) in [6.45, 7) is 0.870. The van der Waals surface area contributed by atoms with Crippen LogP contribution in [-0.2, 0) is 15.0 Å². The van der Waals surface area contributed by atoms with E-state index in [1.807, 2.05) is 24.3 Å². The molecule has 1 aliphatic heterocycles. The van der Waals surface area contributed by atoms with Crippen LogP contribution in [0.5, 0.6) is 0 Å². The van der Waals surface area contributed by atoms with E-state index < -0.39 is 17.3 Å². The Morgan fingerprint density at radius 1 is 1.22 bits per heavy atom. The van der Waals surface area contributed by atoms with Gasteiger partial charge in [0.2, 0.25) is 5.91 Å². The molecule has 1 aromatic carbocycles. The summed E-state index contributed by atoms with van der Waals surface area (Å²) in [5.41, 5.74) is 0.449. The Morgan fingerprint density at radius 2 is 1.96 bits per heavy atom. The summed E-state index contributed by atoms with van der Waals surface area (Å²) in [6.07, 6.45) is 5.38. The molecule has 1 unspecified atom stereocenters. The fourth-order valence-corrected chi connectivity index (χ4v) is 4.21. The molecule has 1 aliphatic carbocycles. The predicted molar refractivity (Wildman–Crippen MR) is 88.5 cm³/mol. The van der Waals surface area contributed by atoms with Gasteiger partial charge in [0, 0.05) is 18.1 Å². The Hall–Kier alpha value is -1.55. The lowest BCUT2D eigenvalue weighted by atomic mass is 9.68. The number of carbonyl (C=O) groups is 2. The number of amides is 1. The number of carboxylic acids is 1. The van der Waals surface area contributed by atoms with E-state index in [0.717, 1.165) is 37.7 Å². The number of likely N-dealkylation sites (tertiary alicyclic amines) is 1. The van der Waals surface area contributed by atoms with Gasteiger partial charge >= 0.3 is 5.97 Å². The molecule has 0 spiro atoms. The van der Waals surface area contributed by atoms with Crippen LogP contribution in [0.3, 0.4) is 0 Å². The molecule has 4 nitrogen and oxygen atoms in total. The first-order valence-corrected chi connectivity index (χ1v) is 8.69. The molecular weight excluding hydrogens is 314 g/mol. The molecule has 1 saturated heterocycles. The average Bonchev–Trinajstić information content (AvgIpc) is 3.05. The number of hydrogen-bond acceptors (Lipinski definition) is 2. The van der Waals surface area contributed by atoms with Crippen molar-refractivity contribution < 1.29 is 14.7 Å². The smallest absolute Gasteiger partial charge is 0.308 e. The van der Waals surface area contributed by atoms with Crippen molar-refractivity contribution in [3.8, 4) is 0 Å². The predicted octanol–water partition coefficient (Wildman–Crippen LogP) is 3.48. The van der Waals surface area contributed by atoms with Gasteiger partial charge in [-0.05, 0) is 37.0 Å². The Labute approximate surface area is 141 Å². The minimum absolute atomic E-state index is 0.0863. The van der Waals surface area contributed by atoms with Crippen molar-refractivity contribution in [3.05, 3.63) is 34.9 Å². The molecule has 3 rings (SSSR count). The highest BCUT2D eigenvalue weighted by molar-refractivity contribution is 6.30. The molecule has 1 atom stereocenters. The number of carbonyl (C=O) groups excluding carboxylic acids is 1. The minimum atomic E-state index is -0.805.